The highest BCUT2D eigenvalue weighted by Gasteiger charge is 2.25. The highest BCUT2D eigenvalue weighted by atomic mass is 35.5. The standard InChI is InChI=1S/C39H42ClFN4O7/c1-6-32(42-22-26-11-7-8-13-31(26)41)37(48)45-33-19-18-30(40)35(34(47)23-50-28-16-14-27(15-17-28)44-24(2)46)36(33)51-29-12-9-10-25(20-29)21-43-38(49)52-39(3,4)5/h7-20,32,42H,6,21-23H2,1-5H3,(H,43,49)(H,44,46)(H,45,48). The van der Waals surface area contributed by atoms with Crippen molar-refractivity contribution >= 4 is 46.7 Å². The Kier molecular flexibility index (Phi) is 13.7. The number of ketones is 1. The predicted octanol–water partition coefficient (Wildman–Crippen LogP) is 8.02. The number of amides is 3. The van der Waals surface area contributed by atoms with Crippen LogP contribution in [0.4, 0.5) is 20.6 Å². The van der Waals surface area contributed by atoms with Crippen LogP contribution in [-0.2, 0) is 27.4 Å². The number of halogens is 2. The van der Waals surface area contributed by atoms with Gasteiger partial charge in [0.2, 0.25) is 17.6 Å². The summed E-state index contributed by atoms with van der Waals surface area (Å²) in [6.45, 7) is 8.29. The summed E-state index contributed by atoms with van der Waals surface area (Å²) in [6.07, 6.45) is -0.220. The molecule has 274 valence electrons. The second-order valence-corrected chi connectivity index (χ2v) is 13.2. The van der Waals surface area contributed by atoms with Gasteiger partial charge in [-0.3, -0.25) is 14.4 Å². The molecule has 0 bridgehead atoms. The fraction of sp³-hybridized carbons (Fsp3) is 0.282. The lowest BCUT2D eigenvalue weighted by molar-refractivity contribution is -0.118. The van der Waals surface area contributed by atoms with Gasteiger partial charge in [0.25, 0.3) is 0 Å². The molecule has 0 aromatic heterocycles. The van der Waals surface area contributed by atoms with Crippen LogP contribution in [0.5, 0.6) is 17.2 Å². The Morgan fingerprint density at radius 1 is 0.865 bits per heavy atom. The normalized spacial score (nSPS) is 11.6. The molecule has 0 radical (unpaired) electrons. The third kappa shape index (κ3) is 11.8. The first-order valence-corrected chi connectivity index (χ1v) is 17.0. The number of hydrogen-bond acceptors (Lipinski definition) is 8. The number of ether oxygens (including phenoxy) is 3. The molecule has 0 saturated carbocycles. The van der Waals surface area contributed by atoms with Crippen molar-refractivity contribution in [2.75, 3.05) is 17.2 Å². The summed E-state index contributed by atoms with van der Waals surface area (Å²) < 4.78 is 31.7. The lowest BCUT2D eigenvalue weighted by Crippen LogP contribution is -2.39. The number of carbonyl (C=O) groups is 4. The molecule has 52 heavy (non-hydrogen) atoms. The van der Waals surface area contributed by atoms with Gasteiger partial charge in [-0.1, -0.05) is 48.9 Å². The summed E-state index contributed by atoms with van der Waals surface area (Å²) in [5, 5.41) is 11.3. The average molecular weight is 733 g/mol. The molecule has 1 unspecified atom stereocenters. The molecule has 1 atom stereocenters. The molecular weight excluding hydrogens is 691 g/mol. The van der Waals surface area contributed by atoms with E-state index in [9.17, 15) is 23.6 Å². The minimum absolute atomic E-state index is 0.0309. The number of Topliss-reactive ketones (excluding diaryl/α,β-unsaturated/α-hetero) is 1. The molecule has 4 aromatic carbocycles. The summed E-state index contributed by atoms with van der Waals surface area (Å²) >= 11 is 6.62. The molecule has 0 fully saturated rings. The zero-order chi connectivity index (χ0) is 37.8. The lowest BCUT2D eigenvalue weighted by atomic mass is 10.1. The third-order valence-electron chi connectivity index (χ3n) is 7.36. The molecule has 4 rings (SSSR count). The van der Waals surface area contributed by atoms with Crippen LogP contribution in [0.2, 0.25) is 5.02 Å². The van der Waals surface area contributed by atoms with Crippen LogP contribution in [0.15, 0.2) is 84.9 Å². The fourth-order valence-electron chi connectivity index (χ4n) is 4.92. The number of benzene rings is 4. The predicted molar refractivity (Wildman–Crippen MR) is 198 cm³/mol. The van der Waals surface area contributed by atoms with E-state index < -0.39 is 41.9 Å². The Morgan fingerprint density at radius 3 is 2.27 bits per heavy atom. The zero-order valence-electron chi connectivity index (χ0n) is 29.6. The van der Waals surface area contributed by atoms with Crippen LogP contribution < -0.4 is 30.7 Å². The van der Waals surface area contributed by atoms with Crippen LogP contribution in [0, 0.1) is 5.82 Å². The van der Waals surface area contributed by atoms with Crippen molar-refractivity contribution < 1.29 is 37.8 Å². The number of rotatable bonds is 15. The van der Waals surface area contributed by atoms with Crippen LogP contribution >= 0.6 is 11.6 Å². The van der Waals surface area contributed by atoms with E-state index in [1.807, 2.05) is 6.92 Å². The summed E-state index contributed by atoms with van der Waals surface area (Å²) in [7, 11) is 0. The molecule has 13 heteroatoms. The Balaban J connectivity index is 1.61. The Labute approximate surface area is 307 Å². The van der Waals surface area contributed by atoms with E-state index in [0.29, 0.717) is 29.0 Å². The highest BCUT2D eigenvalue weighted by Crippen LogP contribution is 2.38. The van der Waals surface area contributed by atoms with E-state index in [1.165, 1.54) is 25.1 Å². The fourth-order valence-corrected chi connectivity index (χ4v) is 5.18. The van der Waals surface area contributed by atoms with Gasteiger partial charge in [-0.15, -0.1) is 0 Å². The van der Waals surface area contributed by atoms with E-state index in [-0.39, 0.29) is 46.8 Å². The van der Waals surface area contributed by atoms with Gasteiger partial charge in [-0.2, -0.15) is 0 Å². The summed E-state index contributed by atoms with van der Waals surface area (Å²) in [6, 6.07) is 21.8. The van der Waals surface area contributed by atoms with Crippen molar-refractivity contribution in [3.8, 4) is 17.2 Å². The molecule has 3 amide bonds. The average Bonchev–Trinajstić information content (AvgIpc) is 3.08. The zero-order valence-corrected chi connectivity index (χ0v) is 30.4. The molecular formula is C39H42ClFN4O7. The topological polar surface area (TPSA) is 144 Å². The van der Waals surface area contributed by atoms with Gasteiger partial charge >= 0.3 is 6.09 Å². The second kappa shape index (κ2) is 18.2. The SMILES string of the molecule is CCC(NCc1ccccc1F)C(=O)Nc1ccc(Cl)c(C(=O)COc2ccc(NC(C)=O)cc2)c1Oc1cccc(CNC(=O)OC(C)(C)C)c1. The maximum atomic E-state index is 14.3. The Morgan fingerprint density at radius 2 is 1.60 bits per heavy atom. The van der Waals surface area contributed by atoms with Crippen molar-refractivity contribution in [2.24, 2.45) is 0 Å². The maximum absolute atomic E-state index is 14.3. The van der Waals surface area contributed by atoms with Crippen LogP contribution in [0.25, 0.3) is 0 Å². The van der Waals surface area contributed by atoms with Crippen LogP contribution in [-0.4, -0.2) is 41.9 Å². The maximum Gasteiger partial charge on any atom is 0.407 e. The lowest BCUT2D eigenvalue weighted by Gasteiger charge is -2.21. The van der Waals surface area contributed by atoms with Crippen molar-refractivity contribution in [1.82, 2.24) is 10.6 Å². The molecule has 0 aliphatic carbocycles. The molecule has 4 N–H and O–H groups in total. The number of nitrogens with one attached hydrogen (secondary N) is 4. The first kappa shape index (κ1) is 39.3. The van der Waals surface area contributed by atoms with Crippen molar-refractivity contribution in [3.63, 3.8) is 0 Å². The molecule has 0 spiro atoms. The molecule has 11 nitrogen and oxygen atoms in total. The summed E-state index contributed by atoms with van der Waals surface area (Å²) in [5.74, 6) is -0.997. The van der Waals surface area contributed by atoms with Crippen molar-refractivity contribution in [1.29, 1.82) is 0 Å². The second-order valence-electron chi connectivity index (χ2n) is 12.7. The van der Waals surface area contributed by atoms with Crippen LogP contribution in [0.1, 0.15) is 62.5 Å². The van der Waals surface area contributed by atoms with E-state index >= 15 is 0 Å². The number of alkyl carbamates (subject to hydrolysis) is 1. The quantitative estimate of drug-likeness (QED) is 0.0900. The van der Waals surface area contributed by atoms with Gasteiger partial charge in [0, 0.05) is 31.3 Å². The van der Waals surface area contributed by atoms with Gasteiger partial charge in [0.1, 0.15) is 22.9 Å². The van der Waals surface area contributed by atoms with Gasteiger partial charge in [-0.25, -0.2) is 9.18 Å². The van der Waals surface area contributed by atoms with E-state index in [1.54, 1.807) is 87.5 Å². The third-order valence-corrected chi connectivity index (χ3v) is 7.68. The van der Waals surface area contributed by atoms with E-state index in [4.69, 9.17) is 25.8 Å². The molecule has 0 aliphatic heterocycles. The number of hydrogen-bond donors (Lipinski definition) is 4. The first-order chi connectivity index (χ1) is 24.7. The minimum atomic E-state index is -0.728. The number of anilines is 2. The number of carbonyl (C=O) groups excluding carboxylic acids is 4. The largest absolute Gasteiger partial charge is 0.485 e. The minimum Gasteiger partial charge on any atom is -0.485 e. The van der Waals surface area contributed by atoms with Gasteiger partial charge in [0.05, 0.1) is 22.3 Å². The van der Waals surface area contributed by atoms with E-state index in [2.05, 4.69) is 21.3 Å². The smallest absolute Gasteiger partial charge is 0.407 e. The summed E-state index contributed by atoms with van der Waals surface area (Å²) in [5.41, 5.74) is 1.07. The highest BCUT2D eigenvalue weighted by molar-refractivity contribution is 6.34. The van der Waals surface area contributed by atoms with Crippen LogP contribution in [0.3, 0.4) is 0 Å². The monoisotopic (exact) mass is 732 g/mol. The van der Waals surface area contributed by atoms with Crippen molar-refractivity contribution in [3.05, 3.63) is 112 Å². The van der Waals surface area contributed by atoms with E-state index in [0.717, 1.165) is 0 Å². The van der Waals surface area contributed by atoms with Gasteiger partial charge in [0.15, 0.2) is 12.4 Å². The Hall–Kier alpha value is -5.46. The molecule has 4 aromatic rings. The Bertz CT molecular complexity index is 1900. The summed E-state index contributed by atoms with van der Waals surface area (Å²) in [4.78, 5) is 51.0. The van der Waals surface area contributed by atoms with Crippen molar-refractivity contribution in [2.45, 2.75) is 65.8 Å². The molecule has 0 saturated heterocycles. The molecule has 0 aliphatic rings. The van der Waals surface area contributed by atoms with Gasteiger partial charge in [-0.05, 0) is 87.4 Å². The molecule has 0 heterocycles. The first-order valence-electron chi connectivity index (χ1n) is 16.6. The van der Waals surface area contributed by atoms with Gasteiger partial charge < -0.3 is 35.5 Å².